The Morgan fingerprint density at radius 3 is 2.00 bits per heavy atom. The molecule has 0 radical (unpaired) electrons. The minimum absolute atomic E-state index is 0.174. The monoisotopic (exact) mass is 279 g/mol. The minimum atomic E-state index is -0.764. The van der Waals surface area contributed by atoms with Gasteiger partial charge in [0.05, 0.1) is 0 Å². The second kappa shape index (κ2) is 10.4. The van der Waals surface area contributed by atoms with Crippen LogP contribution in [0.15, 0.2) is 0 Å². The summed E-state index contributed by atoms with van der Waals surface area (Å²) in [6, 6.07) is 1.96. The Morgan fingerprint density at radius 1 is 0.850 bits per heavy atom. The number of Topliss-reactive ketones (excluding diaryl/α,β-unsaturated/α-hetero) is 1. The second-order valence-electron chi connectivity index (χ2n) is 5.51. The van der Waals surface area contributed by atoms with Gasteiger partial charge in [-0.2, -0.15) is 5.26 Å². The number of ether oxygens (including phenoxy) is 1. The molecule has 0 amide bonds. The largest absolute Gasteiger partial charge is 0.447 e. The number of cyclic esters (lactones) is 1. The van der Waals surface area contributed by atoms with E-state index in [9.17, 15) is 9.59 Å². The molecule has 1 saturated heterocycles. The molecule has 20 heavy (non-hydrogen) atoms. The summed E-state index contributed by atoms with van der Waals surface area (Å²) < 4.78 is 5.10. The number of esters is 1. The van der Waals surface area contributed by atoms with Gasteiger partial charge in [-0.3, -0.25) is 9.59 Å². The molecule has 1 fully saturated rings. The maximum atomic E-state index is 11.7. The number of carbonyl (C=O) groups excluding carboxylic acids is 2. The van der Waals surface area contributed by atoms with Crippen molar-refractivity contribution in [3.8, 4) is 6.07 Å². The van der Waals surface area contributed by atoms with Crippen LogP contribution in [0.2, 0.25) is 0 Å². The third-order valence-electron chi connectivity index (χ3n) is 3.69. The Labute approximate surface area is 121 Å². The predicted octanol–water partition coefficient (Wildman–Crippen LogP) is 3.69. The molecule has 0 saturated carbocycles. The summed E-state index contributed by atoms with van der Waals surface area (Å²) in [5.74, 6) is -0.135. The van der Waals surface area contributed by atoms with Gasteiger partial charge in [-0.25, -0.2) is 0 Å². The van der Waals surface area contributed by atoms with E-state index < -0.39 is 6.10 Å². The van der Waals surface area contributed by atoms with Crippen molar-refractivity contribution in [2.75, 3.05) is 0 Å². The van der Waals surface area contributed by atoms with Crippen molar-refractivity contribution in [1.82, 2.24) is 0 Å². The van der Waals surface area contributed by atoms with Crippen molar-refractivity contribution in [2.24, 2.45) is 0 Å². The summed E-state index contributed by atoms with van der Waals surface area (Å²) >= 11 is 0. The third kappa shape index (κ3) is 7.93. The van der Waals surface area contributed by atoms with E-state index in [1.54, 1.807) is 0 Å². The van der Waals surface area contributed by atoms with Crippen LogP contribution in [0.25, 0.3) is 0 Å². The molecule has 1 aliphatic rings. The van der Waals surface area contributed by atoms with Crippen LogP contribution in [0, 0.1) is 11.3 Å². The number of hydrogen-bond acceptors (Lipinski definition) is 4. The molecule has 0 spiro atoms. The molecule has 1 unspecified atom stereocenters. The van der Waals surface area contributed by atoms with E-state index in [0.717, 1.165) is 32.1 Å². The van der Waals surface area contributed by atoms with Crippen molar-refractivity contribution >= 4 is 11.8 Å². The van der Waals surface area contributed by atoms with Gasteiger partial charge in [0.1, 0.15) is 11.9 Å². The average molecular weight is 279 g/mol. The summed E-state index contributed by atoms with van der Waals surface area (Å²) in [5.41, 5.74) is 0. The minimum Gasteiger partial charge on any atom is -0.447 e. The van der Waals surface area contributed by atoms with E-state index >= 15 is 0 Å². The molecule has 4 heteroatoms. The lowest BCUT2D eigenvalue weighted by Gasteiger charge is -2.11. The van der Waals surface area contributed by atoms with Crippen LogP contribution >= 0.6 is 0 Å². The lowest BCUT2D eigenvalue weighted by Crippen LogP contribution is -2.17. The van der Waals surface area contributed by atoms with Crippen LogP contribution in [0.3, 0.4) is 0 Å². The molecule has 0 aromatic carbocycles. The van der Waals surface area contributed by atoms with E-state index in [0.29, 0.717) is 25.7 Å². The lowest BCUT2D eigenvalue weighted by molar-refractivity contribution is -0.147. The summed E-state index contributed by atoms with van der Waals surface area (Å²) in [7, 11) is 0. The van der Waals surface area contributed by atoms with Gasteiger partial charge in [-0.15, -0.1) is 0 Å². The number of carbonyl (C=O) groups is 2. The quantitative estimate of drug-likeness (QED) is 0.634. The number of hydrogen-bond donors (Lipinski definition) is 0. The van der Waals surface area contributed by atoms with Crippen molar-refractivity contribution in [3.63, 3.8) is 0 Å². The fourth-order valence-electron chi connectivity index (χ4n) is 2.44. The zero-order chi connectivity index (χ0) is 14.6. The summed E-state index contributed by atoms with van der Waals surface area (Å²) in [6.45, 7) is 0. The molecule has 0 bridgehead atoms. The van der Waals surface area contributed by atoms with E-state index in [4.69, 9.17) is 10.00 Å². The Morgan fingerprint density at radius 2 is 1.40 bits per heavy atom. The van der Waals surface area contributed by atoms with Gasteiger partial charge in [0, 0.05) is 25.7 Å². The summed E-state index contributed by atoms with van der Waals surface area (Å²) in [4.78, 5) is 23.2. The zero-order valence-electron chi connectivity index (χ0n) is 12.2. The molecule has 1 atom stereocenters. The molecule has 0 aromatic heterocycles. The zero-order valence-corrected chi connectivity index (χ0v) is 12.2. The Balaban J connectivity index is 2.41. The first-order valence-electron chi connectivity index (χ1n) is 7.83. The fraction of sp³-hybridized carbons (Fsp3) is 0.812. The number of rotatable bonds is 0. The van der Waals surface area contributed by atoms with Gasteiger partial charge in [-0.1, -0.05) is 38.5 Å². The van der Waals surface area contributed by atoms with Gasteiger partial charge >= 0.3 is 5.97 Å². The van der Waals surface area contributed by atoms with Crippen molar-refractivity contribution in [1.29, 1.82) is 5.26 Å². The van der Waals surface area contributed by atoms with E-state index in [-0.39, 0.29) is 11.8 Å². The second-order valence-corrected chi connectivity index (χ2v) is 5.51. The Bertz CT molecular complexity index is 346. The highest BCUT2D eigenvalue weighted by atomic mass is 16.5. The molecular weight excluding hydrogens is 254 g/mol. The van der Waals surface area contributed by atoms with Crippen molar-refractivity contribution < 1.29 is 14.3 Å². The standard InChI is InChI=1S/C16H25NO3/c17-13-15-12-11-14(18)9-7-5-3-1-2-4-6-8-10-16(19)20-15/h15H,1-12H2. The third-order valence-corrected chi connectivity index (χ3v) is 3.69. The van der Waals surface area contributed by atoms with Crippen LogP contribution in [-0.2, 0) is 14.3 Å². The van der Waals surface area contributed by atoms with Gasteiger partial charge in [0.2, 0.25) is 0 Å². The van der Waals surface area contributed by atoms with Crippen LogP contribution in [-0.4, -0.2) is 17.9 Å². The Kier molecular flexibility index (Phi) is 8.69. The topological polar surface area (TPSA) is 67.2 Å². The smallest absolute Gasteiger partial charge is 0.307 e. The van der Waals surface area contributed by atoms with Crippen LogP contribution in [0.5, 0.6) is 0 Å². The predicted molar refractivity (Wildman–Crippen MR) is 75.9 cm³/mol. The van der Waals surface area contributed by atoms with Crippen LogP contribution < -0.4 is 0 Å². The highest BCUT2D eigenvalue weighted by Gasteiger charge is 2.15. The normalized spacial score (nSPS) is 24.6. The highest BCUT2D eigenvalue weighted by molar-refractivity contribution is 5.78. The molecule has 0 aromatic rings. The van der Waals surface area contributed by atoms with Crippen LogP contribution in [0.4, 0.5) is 0 Å². The number of ketones is 1. The molecule has 1 aliphatic heterocycles. The van der Waals surface area contributed by atoms with Gasteiger partial charge in [-0.05, 0) is 12.8 Å². The maximum Gasteiger partial charge on any atom is 0.307 e. The fourth-order valence-corrected chi connectivity index (χ4v) is 2.44. The molecule has 1 rings (SSSR count). The molecular formula is C16H25NO3. The first kappa shape index (κ1) is 16.7. The molecule has 0 N–H and O–H groups in total. The van der Waals surface area contributed by atoms with E-state index in [1.165, 1.54) is 19.3 Å². The van der Waals surface area contributed by atoms with E-state index in [2.05, 4.69) is 0 Å². The van der Waals surface area contributed by atoms with Crippen molar-refractivity contribution in [3.05, 3.63) is 0 Å². The SMILES string of the molecule is N#CC1CCC(=O)CCCCCCCCCCC(=O)O1. The molecule has 0 aliphatic carbocycles. The molecule has 112 valence electrons. The number of nitrogens with zero attached hydrogens (tertiary/aromatic N) is 1. The van der Waals surface area contributed by atoms with E-state index in [1.807, 2.05) is 6.07 Å². The van der Waals surface area contributed by atoms with Gasteiger partial charge in [0.15, 0.2) is 6.10 Å². The van der Waals surface area contributed by atoms with Gasteiger partial charge < -0.3 is 4.74 Å². The first-order valence-corrected chi connectivity index (χ1v) is 7.83. The summed E-state index contributed by atoms with van der Waals surface area (Å²) in [6.07, 6.45) is 9.56. The molecule has 4 nitrogen and oxygen atoms in total. The summed E-state index contributed by atoms with van der Waals surface area (Å²) in [5, 5.41) is 8.94. The first-order chi connectivity index (χ1) is 9.72. The highest BCUT2D eigenvalue weighted by Crippen LogP contribution is 2.14. The van der Waals surface area contributed by atoms with Crippen molar-refractivity contribution in [2.45, 2.75) is 83.2 Å². The molecule has 1 heterocycles. The number of nitriles is 1. The maximum absolute atomic E-state index is 11.7. The lowest BCUT2D eigenvalue weighted by atomic mass is 10.0. The Hall–Kier alpha value is -1.37. The average Bonchev–Trinajstić information content (AvgIpc) is 2.44. The van der Waals surface area contributed by atoms with Crippen LogP contribution in [0.1, 0.15) is 77.0 Å². The van der Waals surface area contributed by atoms with Gasteiger partial charge in [0.25, 0.3) is 0 Å².